The number of imidazole rings is 1. The van der Waals surface area contributed by atoms with Gasteiger partial charge in [-0.1, -0.05) is 19.1 Å². The summed E-state index contributed by atoms with van der Waals surface area (Å²) in [4.78, 5) is 7.08. The number of nitrogens with one attached hydrogen (secondary N) is 1. The normalized spacial score (nSPS) is 13.1. The van der Waals surface area contributed by atoms with Crippen molar-refractivity contribution in [3.63, 3.8) is 0 Å². The molecule has 0 fully saturated rings. The van der Waals surface area contributed by atoms with Gasteiger partial charge in [-0.15, -0.1) is 0 Å². The Labute approximate surface area is 182 Å². The summed E-state index contributed by atoms with van der Waals surface area (Å²) in [6.07, 6.45) is -6.36. The molecule has 0 amide bonds. The number of aromatic amines is 1. The zero-order chi connectivity index (χ0) is 24.2. The standard InChI is InChI=1S/C19H13F6N5O2S/c1-2-33(31,32)14-5-10(12-7-27-29-17(12)19(23,24)25)3-4-11(14)13-8-30-9-26-15(18(20,21)22)6-16(30)28-13/h3-9H,2H2,1H3,(H,27,29). The lowest BCUT2D eigenvalue weighted by Crippen LogP contribution is -2.08. The van der Waals surface area contributed by atoms with E-state index in [1.807, 2.05) is 5.10 Å². The molecule has 4 aromatic rings. The van der Waals surface area contributed by atoms with Gasteiger partial charge >= 0.3 is 12.4 Å². The van der Waals surface area contributed by atoms with Crippen LogP contribution in [0.4, 0.5) is 26.3 Å². The molecular weight excluding hydrogens is 476 g/mol. The van der Waals surface area contributed by atoms with E-state index in [4.69, 9.17) is 0 Å². The Hall–Kier alpha value is -3.42. The number of alkyl halides is 6. The van der Waals surface area contributed by atoms with Gasteiger partial charge in [0, 0.05) is 23.4 Å². The van der Waals surface area contributed by atoms with Crippen molar-refractivity contribution in [2.75, 3.05) is 5.75 Å². The molecule has 7 nitrogen and oxygen atoms in total. The molecule has 174 valence electrons. The predicted molar refractivity (Wildman–Crippen MR) is 104 cm³/mol. The summed E-state index contributed by atoms with van der Waals surface area (Å²) in [6.45, 7) is 1.36. The van der Waals surface area contributed by atoms with Crippen LogP contribution < -0.4 is 0 Å². The monoisotopic (exact) mass is 489 g/mol. The molecule has 1 aromatic carbocycles. The van der Waals surface area contributed by atoms with Crippen molar-refractivity contribution in [3.05, 3.63) is 54.4 Å². The second-order valence-corrected chi connectivity index (χ2v) is 9.18. The number of aromatic nitrogens is 5. The number of halogens is 6. The van der Waals surface area contributed by atoms with Crippen molar-refractivity contribution in [3.8, 4) is 22.4 Å². The zero-order valence-electron chi connectivity index (χ0n) is 16.5. The van der Waals surface area contributed by atoms with Gasteiger partial charge in [-0.2, -0.15) is 31.4 Å². The van der Waals surface area contributed by atoms with Gasteiger partial charge in [0.1, 0.15) is 23.4 Å². The van der Waals surface area contributed by atoms with E-state index >= 15 is 0 Å². The largest absolute Gasteiger partial charge is 0.433 e. The van der Waals surface area contributed by atoms with Gasteiger partial charge in [0.2, 0.25) is 0 Å². The molecule has 3 heterocycles. The van der Waals surface area contributed by atoms with E-state index in [1.54, 1.807) is 0 Å². The maximum atomic E-state index is 13.3. The average molecular weight is 489 g/mol. The topological polar surface area (TPSA) is 93.0 Å². The van der Waals surface area contributed by atoms with Gasteiger partial charge in [-0.3, -0.25) is 9.50 Å². The summed E-state index contributed by atoms with van der Waals surface area (Å²) in [7, 11) is -3.96. The third kappa shape index (κ3) is 4.17. The lowest BCUT2D eigenvalue weighted by atomic mass is 10.0. The molecule has 1 N–H and O–H groups in total. The minimum atomic E-state index is -4.75. The maximum absolute atomic E-state index is 13.3. The molecule has 0 aliphatic rings. The van der Waals surface area contributed by atoms with Crippen molar-refractivity contribution in [2.45, 2.75) is 24.2 Å². The van der Waals surface area contributed by atoms with Gasteiger partial charge in [0.25, 0.3) is 0 Å². The van der Waals surface area contributed by atoms with E-state index in [0.29, 0.717) is 6.07 Å². The fraction of sp³-hybridized carbons (Fsp3) is 0.211. The van der Waals surface area contributed by atoms with Gasteiger partial charge in [0.15, 0.2) is 9.84 Å². The summed E-state index contributed by atoms with van der Waals surface area (Å²) in [5, 5.41) is 5.26. The molecule has 0 atom stereocenters. The molecule has 0 bridgehead atoms. The molecule has 14 heteroatoms. The molecule has 0 aliphatic heterocycles. The molecule has 3 aromatic heterocycles. The molecular formula is C19H13F6N5O2S. The van der Waals surface area contributed by atoms with Crippen LogP contribution in [-0.2, 0) is 22.2 Å². The molecule has 0 saturated heterocycles. The van der Waals surface area contributed by atoms with Crippen LogP contribution in [0.25, 0.3) is 28.0 Å². The molecule has 0 saturated carbocycles. The van der Waals surface area contributed by atoms with Crippen LogP contribution >= 0.6 is 0 Å². The van der Waals surface area contributed by atoms with E-state index in [1.165, 1.54) is 29.7 Å². The molecule has 4 rings (SSSR count). The maximum Gasteiger partial charge on any atom is 0.433 e. The molecule has 0 unspecified atom stereocenters. The molecule has 0 spiro atoms. The quantitative estimate of drug-likeness (QED) is 0.423. The Bertz CT molecular complexity index is 1450. The minimum absolute atomic E-state index is 0.0120. The number of fused-ring (bicyclic) bond motifs is 1. The fourth-order valence-corrected chi connectivity index (χ4v) is 4.34. The Balaban J connectivity index is 1.90. The average Bonchev–Trinajstić information content (AvgIpc) is 3.39. The van der Waals surface area contributed by atoms with Crippen LogP contribution in [0, 0.1) is 0 Å². The second-order valence-electron chi connectivity index (χ2n) is 6.93. The van der Waals surface area contributed by atoms with Crippen LogP contribution in [0.15, 0.2) is 47.9 Å². The Morgan fingerprint density at radius 1 is 1.03 bits per heavy atom. The van der Waals surface area contributed by atoms with Gasteiger partial charge in [-0.05, 0) is 11.6 Å². The smallest absolute Gasteiger partial charge is 0.290 e. The highest BCUT2D eigenvalue weighted by molar-refractivity contribution is 7.91. The lowest BCUT2D eigenvalue weighted by molar-refractivity contribution is -0.141. The van der Waals surface area contributed by atoms with Gasteiger partial charge in [0.05, 0.1) is 22.5 Å². The number of H-pyrrole nitrogens is 1. The van der Waals surface area contributed by atoms with Crippen LogP contribution in [0.1, 0.15) is 18.3 Å². The summed E-state index contributed by atoms with van der Waals surface area (Å²) < 4.78 is 105. The van der Waals surface area contributed by atoms with E-state index in [2.05, 4.69) is 15.1 Å². The summed E-state index contributed by atoms with van der Waals surface area (Å²) in [5.74, 6) is -0.367. The van der Waals surface area contributed by atoms with Crippen molar-refractivity contribution in [1.29, 1.82) is 0 Å². The zero-order valence-corrected chi connectivity index (χ0v) is 17.3. The molecule has 33 heavy (non-hydrogen) atoms. The first-order valence-corrected chi connectivity index (χ1v) is 10.9. The van der Waals surface area contributed by atoms with Crippen molar-refractivity contribution >= 4 is 15.5 Å². The number of hydrogen-bond acceptors (Lipinski definition) is 5. The minimum Gasteiger partial charge on any atom is -0.290 e. The highest BCUT2D eigenvalue weighted by Crippen LogP contribution is 2.38. The van der Waals surface area contributed by atoms with E-state index in [0.717, 1.165) is 18.6 Å². The van der Waals surface area contributed by atoms with Crippen LogP contribution in [0.3, 0.4) is 0 Å². The predicted octanol–water partition coefficient (Wildman–Crippen LogP) is 4.62. The first-order chi connectivity index (χ1) is 15.3. The van der Waals surface area contributed by atoms with E-state index < -0.39 is 33.6 Å². The number of sulfone groups is 1. The van der Waals surface area contributed by atoms with Crippen LogP contribution in [-0.4, -0.2) is 38.7 Å². The number of hydrogen-bond donors (Lipinski definition) is 1. The molecule has 0 radical (unpaired) electrons. The third-order valence-corrected chi connectivity index (χ3v) is 6.61. The van der Waals surface area contributed by atoms with Gasteiger partial charge < -0.3 is 0 Å². The highest BCUT2D eigenvalue weighted by atomic mass is 32.2. The molecule has 0 aliphatic carbocycles. The summed E-state index contributed by atoms with van der Waals surface area (Å²) >= 11 is 0. The second kappa shape index (κ2) is 7.57. The Morgan fingerprint density at radius 2 is 1.76 bits per heavy atom. The number of rotatable bonds is 4. The fourth-order valence-electron chi connectivity index (χ4n) is 3.21. The summed E-state index contributed by atoms with van der Waals surface area (Å²) in [5.41, 5.74) is -2.83. The Kier molecular flexibility index (Phi) is 5.22. The first-order valence-electron chi connectivity index (χ1n) is 9.21. The third-order valence-electron chi connectivity index (χ3n) is 4.84. The van der Waals surface area contributed by atoms with E-state index in [-0.39, 0.29) is 38.7 Å². The highest BCUT2D eigenvalue weighted by Gasteiger charge is 2.36. The SMILES string of the molecule is CCS(=O)(=O)c1cc(-c2cn[nH]c2C(F)(F)F)ccc1-c1cn2cnc(C(F)(F)F)cc2n1. The first kappa shape index (κ1) is 22.8. The van der Waals surface area contributed by atoms with E-state index in [9.17, 15) is 34.8 Å². The van der Waals surface area contributed by atoms with Crippen molar-refractivity contribution in [1.82, 2.24) is 24.6 Å². The van der Waals surface area contributed by atoms with Crippen molar-refractivity contribution in [2.24, 2.45) is 0 Å². The van der Waals surface area contributed by atoms with Crippen LogP contribution in [0.2, 0.25) is 0 Å². The Morgan fingerprint density at radius 3 is 2.39 bits per heavy atom. The van der Waals surface area contributed by atoms with Gasteiger partial charge in [-0.25, -0.2) is 18.4 Å². The van der Waals surface area contributed by atoms with Crippen LogP contribution in [0.5, 0.6) is 0 Å². The lowest BCUT2D eigenvalue weighted by Gasteiger charge is -2.12. The van der Waals surface area contributed by atoms with Crippen molar-refractivity contribution < 1.29 is 34.8 Å². The number of benzene rings is 1. The number of nitrogens with zero attached hydrogens (tertiary/aromatic N) is 4. The summed E-state index contributed by atoms with van der Waals surface area (Å²) in [6, 6.07) is 4.28.